The largest absolute Gasteiger partial charge is 0.497 e. The van der Waals surface area contributed by atoms with Crippen molar-refractivity contribution in [3.05, 3.63) is 23.1 Å². The maximum absolute atomic E-state index is 10.4. The molecule has 5 heteroatoms. The van der Waals surface area contributed by atoms with Crippen LogP contribution in [-0.4, -0.2) is 21.3 Å². The Morgan fingerprint density at radius 1 is 1.29 bits per heavy atom. The van der Waals surface area contributed by atoms with Crippen molar-refractivity contribution in [1.29, 1.82) is 0 Å². The lowest BCUT2D eigenvalue weighted by Crippen LogP contribution is -2.08. The van der Waals surface area contributed by atoms with E-state index in [4.69, 9.17) is 9.47 Å². The van der Waals surface area contributed by atoms with Crippen molar-refractivity contribution >= 4 is 5.69 Å². The Balaban J connectivity index is 3.14. The Labute approximate surface area is 82.2 Å². The zero-order valence-electron chi connectivity index (χ0n) is 8.35. The number of methoxy groups -OCH3 is 2. The van der Waals surface area contributed by atoms with E-state index in [1.54, 1.807) is 32.4 Å². The fraction of sp³-hybridized carbons (Fsp3) is 0.333. The molecule has 1 aromatic carbocycles. The van der Waals surface area contributed by atoms with E-state index in [0.29, 0.717) is 17.2 Å². The number of hydrogen-bond acceptors (Lipinski definition) is 4. The summed E-state index contributed by atoms with van der Waals surface area (Å²) in [5, 5.41) is 3.97. The summed E-state index contributed by atoms with van der Waals surface area (Å²) in [7, 11) is 4.63. The molecule has 0 spiro atoms. The van der Waals surface area contributed by atoms with Crippen LogP contribution in [0.2, 0.25) is 0 Å². The molecule has 0 heterocycles. The van der Waals surface area contributed by atoms with Crippen molar-refractivity contribution in [2.75, 3.05) is 26.3 Å². The molecule has 0 aliphatic carbocycles. The highest BCUT2D eigenvalue weighted by atomic mass is 16.5. The third-order valence-corrected chi connectivity index (χ3v) is 1.86. The van der Waals surface area contributed by atoms with E-state index in [2.05, 4.69) is 5.29 Å². The number of ether oxygens (including phenoxy) is 2. The summed E-state index contributed by atoms with van der Waals surface area (Å²) >= 11 is 0. The van der Waals surface area contributed by atoms with Gasteiger partial charge in [0.05, 0.1) is 19.5 Å². The number of benzene rings is 1. The smallest absolute Gasteiger partial charge is 0.144 e. The Morgan fingerprint density at radius 3 is 2.50 bits per heavy atom. The van der Waals surface area contributed by atoms with E-state index in [0.717, 1.165) is 0 Å². The Bertz CT molecular complexity index is 328. The van der Waals surface area contributed by atoms with Gasteiger partial charge in [-0.2, -0.15) is 0 Å². The van der Waals surface area contributed by atoms with Gasteiger partial charge in [0.15, 0.2) is 0 Å². The van der Waals surface area contributed by atoms with Gasteiger partial charge in [-0.3, -0.25) is 0 Å². The molecule has 0 saturated carbocycles. The van der Waals surface area contributed by atoms with Crippen molar-refractivity contribution in [3.8, 4) is 11.5 Å². The summed E-state index contributed by atoms with van der Waals surface area (Å²) in [4.78, 5) is 10.4. The Morgan fingerprint density at radius 2 is 2.00 bits per heavy atom. The normalized spacial score (nSPS) is 9.36. The van der Waals surface area contributed by atoms with Gasteiger partial charge < -0.3 is 9.47 Å². The van der Waals surface area contributed by atoms with Crippen molar-refractivity contribution in [1.82, 2.24) is 0 Å². The quantitative estimate of drug-likeness (QED) is 0.544. The molecule has 0 aliphatic rings. The number of anilines is 1. The summed E-state index contributed by atoms with van der Waals surface area (Å²) in [5.74, 6) is 1.23. The van der Waals surface area contributed by atoms with E-state index in [1.165, 1.54) is 12.1 Å². The van der Waals surface area contributed by atoms with Crippen LogP contribution in [0.15, 0.2) is 23.5 Å². The highest BCUT2D eigenvalue weighted by molar-refractivity contribution is 5.60. The van der Waals surface area contributed by atoms with Gasteiger partial charge in [-0.15, -0.1) is 4.91 Å². The van der Waals surface area contributed by atoms with Gasteiger partial charge in [0.25, 0.3) is 0 Å². The van der Waals surface area contributed by atoms with Crippen molar-refractivity contribution in [2.45, 2.75) is 0 Å². The predicted octanol–water partition coefficient (Wildman–Crippen LogP) is 1.82. The van der Waals surface area contributed by atoms with E-state index in [1.807, 2.05) is 0 Å². The zero-order valence-corrected chi connectivity index (χ0v) is 8.35. The molecule has 0 bridgehead atoms. The second-order valence-electron chi connectivity index (χ2n) is 2.64. The van der Waals surface area contributed by atoms with Gasteiger partial charge in [0, 0.05) is 13.1 Å². The minimum absolute atomic E-state index is 0.571. The summed E-state index contributed by atoms with van der Waals surface area (Å²) < 4.78 is 10.1. The minimum Gasteiger partial charge on any atom is -0.497 e. The Hall–Kier alpha value is -1.78. The number of rotatable bonds is 4. The molecule has 0 aliphatic heterocycles. The van der Waals surface area contributed by atoms with Crippen LogP contribution in [0.4, 0.5) is 5.69 Å². The van der Waals surface area contributed by atoms with Gasteiger partial charge >= 0.3 is 0 Å². The van der Waals surface area contributed by atoms with Crippen molar-refractivity contribution in [3.63, 3.8) is 0 Å². The summed E-state index contributed by atoms with van der Waals surface area (Å²) in [6.07, 6.45) is 0. The molecule has 0 radical (unpaired) electrons. The maximum atomic E-state index is 10.4. The molecule has 0 atom stereocenters. The first-order chi connectivity index (χ1) is 6.72. The molecule has 0 saturated heterocycles. The molecule has 5 nitrogen and oxygen atoms in total. The van der Waals surface area contributed by atoms with Crippen LogP contribution in [0.25, 0.3) is 0 Å². The average molecular weight is 196 g/mol. The van der Waals surface area contributed by atoms with Crippen LogP contribution in [-0.2, 0) is 0 Å². The van der Waals surface area contributed by atoms with E-state index in [9.17, 15) is 4.91 Å². The molecule has 1 aromatic rings. The number of nitroso groups, excluding NO2 is 1. The van der Waals surface area contributed by atoms with Crippen LogP contribution in [0.3, 0.4) is 0 Å². The molecule has 0 N–H and O–H groups in total. The fourth-order valence-corrected chi connectivity index (χ4v) is 1.09. The monoisotopic (exact) mass is 196 g/mol. The number of hydrogen-bond donors (Lipinski definition) is 0. The second-order valence-corrected chi connectivity index (χ2v) is 2.64. The van der Waals surface area contributed by atoms with Gasteiger partial charge in [0.2, 0.25) is 0 Å². The number of nitrogens with zero attached hydrogens (tertiary/aromatic N) is 2. The lowest BCUT2D eigenvalue weighted by molar-refractivity contribution is 0.403. The lowest BCUT2D eigenvalue weighted by Gasteiger charge is -2.14. The van der Waals surface area contributed by atoms with Gasteiger partial charge in [0.1, 0.15) is 17.2 Å². The van der Waals surface area contributed by atoms with Gasteiger partial charge in [-0.1, -0.05) is 0 Å². The Kier molecular flexibility index (Phi) is 3.28. The van der Waals surface area contributed by atoms with Crippen LogP contribution >= 0.6 is 0 Å². The molecule has 0 amide bonds. The zero-order chi connectivity index (χ0) is 10.6. The highest BCUT2D eigenvalue weighted by Crippen LogP contribution is 2.31. The summed E-state index contributed by atoms with van der Waals surface area (Å²) in [5.41, 5.74) is 0.571. The first kappa shape index (κ1) is 10.3. The maximum Gasteiger partial charge on any atom is 0.144 e. The lowest BCUT2D eigenvalue weighted by atomic mass is 10.2. The molecular weight excluding hydrogens is 184 g/mol. The third kappa shape index (κ3) is 1.93. The third-order valence-electron chi connectivity index (χ3n) is 1.86. The predicted molar refractivity (Wildman–Crippen MR) is 53.7 cm³/mol. The van der Waals surface area contributed by atoms with Crippen LogP contribution in [0.1, 0.15) is 0 Å². The van der Waals surface area contributed by atoms with Crippen LogP contribution in [0.5, 0.6) is 11.5 Å². The molecular formula is C9H12N2O3. The molecule has 14 heavy (non-hydrogen) atoms. The van der Waals surface area contributed by atoms with Gasteiger partial charge in [-0.25, -0.2) is 5.01 Å². The SMILES string of the molecule is COc1ccc(OC)c(N(C)N=O)c1. The summed E-state index contributed by atoms with van der Waals surface area (Å²) in [6.45, 7) is 0. The van der Waals surface area contributed by atoms with Gasteiger partial charge in [-0.05, 0) is 12.1 Å². The molecule has 0 unspecified atom stereocenters. The molecule has 1 rings (SSSR count). The van der Waals surface area contributed by atoms with E-state index >= 15 is 0 Å². The van der Waals surface area contributed by atoms with Crippen molar-refractivity contribution < 1.29 is 9.47 Å². The summed E-state index contributed by atoms with van der Waals surface area (Å²) in [6, 6.07) is 5.15. The fourth-order valence-electron chi connectivity index (χ4n) is 1.09. The topological polar surface area (TPSA) is 51.1 Å². The van der Waals surface area contributed by atoms with Crippen LogP contribution < -0.4 is 14.5 Å². The van der Waals surface area contributed by atoms with Crippen molar-refractivity contribution in [2.24, 2.45) is 5.29 Å². The first-order valence-electron chi connectivity index (χ1n) is 4.02. The first-order valence-corrected chi connectivity index (χ1v) is 4.02. The molecule has 0 aromatic heterocycles. The van der Waals surface area contributed by atoms with Crippen LogP contribution in [0, 0.1) is 4.91 Å². The molecule has 76 valence electrons. The van der Waals surface area contributed by atoms with E-state index in [-0.39, 0.29) is 0 Å². The highest BCUT2D eigenvalue weighted by Gasteiger charge is 2.09. The average Bonchev–Trinajstić information content (AvgIpc) is 2.27. The minimum atomic E-state index is 0.571. The molecule has 0 fully saturated rings. The van der Waals surface area contributed by atoms with E-state index < -0.39 is 0 Å². The standard InChI is InChI=1S/C9H12N2O3/c1-11(10-12)8-6-7(13-2)4-5-9(8)14-3/h4-6H,1-3H3. The second kappa shape index (κ2) is 4.45.